The van der Waals surface area contributed by atoms with Crippen LogP contribution < -0.4 is 0 Å². The van der Waals surface area contributed by atoms with Crippen LogP contribution in [0.3, 0.4) is 0 Å². The van der Waals surface area contributed by atoms with E-state index in [1.165, 1.54) is 25.7 Å². The molecule has 2 saturated heterocycles. The van der Waals surface area contributed by atoms with E-state index in [2.05, 4.69) is 16.7 Å². The van der Waals surface area contributed by atoms with Crippen molar-refractivity contribution in [2.45, 2.75) is 75.7 Å². The molecule has 0 radical (unpaired) electrons. The zero-order chi connectivity index (χ0) is 14.2. The van der Waals surface area contributed by atoms with Crippen molar-refractivity contribution in [3.8, 4) is 0 Å². The predicted octanol–water partition coefficient (Wildman–Crippen LogP) is 1.21. The van der Waals surface area contributed by atoms with E-state index in [0.717, 1.165) is 45.4 Å². The maximum atomic E-state index is 10.9. The summed E-state index contributed by atoms with van der Waals surface area (Å²) in [6.45, 7) is 5.99. The molecule has 4 heteroatoms. The van der Waals surface area contributed by atoms with Crippen molar-refractivity contribution in [1.29, 1.82) is 0 Å². The molecule has 0 bridgehead atoms. The summed E-state index contributed by atoms with van der Waals surface area (Å²) < 4.78 is 0. The summed E-state index contributed by atoms with van der Waals surface area (Å²) in [4.78, 5) is 4.91. The molecule has 0 aromatic heterocycles. The Balaban J connectivity index is 1.61. The second-order valence-corrected chi connectivity index (χ2v) is 7.41. The highest BCUT2D eigenvalue weighted by molar-refractivity contribution is 4.96. The third-order valence-corrected chi connectivity index (χ3v) is 5.60. The lowest BCUT2D eigenvalue weighted by molar-refractivity contribution is -0.0426. The van der Waals surface area contributed by atoms with E-state index in [1.807, 2.05) is 0 Å². The molecule has 3 aliphatic rings. The zero-order valence-corrected chi connectivity index (χ0v) is 12.8. The van der Waals surface area contributed by atoms with E-state index in [1.54, 1.807) is 0 Å². The van der Waals surface area contributed by atoms with E-state index < -0.39 is 5.60 Å². The summed E-state index contributed by atoms with van der Waals surface area (Å²) in [7, 11) is 0. The van der Waals surface area contributed by atoms with Gasteiger partial charge in [0.25, 0.3) is 0 Å². The molecule has 116 valence electrons. The molecule has 0 spiro atoms. The molecule has 20 heavy (non-hydrogen) atoms. The van der Waals surface area contributed by atoms with Crippen molar-refractivity contribution in [3.63, 3.8) is 0 Å². The van der Waals surface area contributed by atoms with Crippen molar-refractivity contribution in [2.24, 2.45) is 0 Å². The van der Waals surface area contributed by atoms with Gasteiger partial charge in [0, 0.05) is 38.3 Å². The smallest absolute Gasteiger partial charge is 0.0774 e. The number of hydrogen-bond acceptors (Lipinski definition) is 4. The van der Waals surface area contributed by atoms with Crippen LogP contribution in [0, 0.1) is 0 Å². The minimum atomic E-state index is -0.468. The van der Waals surface area contributed by atoms with Gasteiger partial charge in [-0.05, 0) is 26.2 Å². The first-order chi connectivity index (χ1) is 9.56. The highest BCUT2D eigenvalue weighted by Gasteiger charge is 2.40. The number of β-amino-alcohol motifs (C(OH)–C–C–N with tert-alkyl or cyclic N) is 1. The van der Waals surface area contributed by atoms with E-state index in [4.69, 9.17) is 0 Å². The Hall–Kier alpha value is -0.160. The molecule has 4 nitrogen and oxygen atoms in total. The van der Waals surface area contributed by atoms with Gasteiger partial charge in [0.15, 0.2) is 0 Å². The van der Waals surface area contributed by atoms with Gasteiger partial charge in [-0.25, -0.2) is 0 Å². The maximum absolute atomic E-state index is 10.9. The number of hydrogen-bond donors (Lipinski definition) is 2. The van der Waals surface area contributed by atoms with Gasteiger partial charge in [-0.15, -0.1) is 0 Å². The molecular weight excluding hydrogens is 252 g/mol. The number of rotatable bonds is 2. The van der Waals surface area contributed by atoms with Crippen LogP contribution in [0.4, 0.5) is 0 Å². The molecule has 3 rings (SSSR count). The summed E-state index contributed by atoms with van der Waals surface area (Å²) >= 11 is 0. The molecule has 2 N–H and O–H groups in total. The molecule has 3 fully saturated rings. The molecule has 0 unspecified atom stereocenters. The van der Waals surface area contributed by atoms with Gasteiger partial charge in [0.2, 0.25) is 0 Å². The molecule has 2 heterocycles. The van der Waals surface area contributed by atoms with Crippen molar-refractivity contribution >= 4 is 0 Å². The molecular formula is C16H30N2O2. The lowest BCUT2D eigenvalue weighted by Gasteiger charge is -2.45. The second kappa shape index (κ2) is 5.91. The van der Waals surface area contributed by atoms with Gasteiger partial charge in [-0.1, -0.05) is 25.7 Å². The van der Waals surface area contributed by atoms with Gasteiger partial charge in [0.1, 0.15) is 0 Å². The molecule has 1 saturated carbocycles. The lowest BCUT2D eigenvalue weighted by Crippen LogP contribution is -2.58. The highest BCUT2D eigenvalue weighted by atomic mass is 16.3. The first kappa shape index (κ1) is 14.8. The minimum Gasteiger partial charge on any atom is -0.392 e. The standard InChI is InChI=1S/C16H30N2O2/c1-13-9-17-11-15(19)8-14(17)10-18(13)12-16(20)6-4-2-3-5-7-16/h13-15,19-20H,2-12H2,1H3/t13-,14+,15+/m0/s1. The molecule has 0 aromatic carbocycles. The minimum absolute atomic E-state index is 0.145. The van der Waals surface area contributed by atoms with Crippen LogP contribution in [0.25, 0.3) is 0 Å². The van der Waals surface area contributed by atoms with Crippen LogP contribution in [-0.4, -0.2) is 70.0 Å². The summed E-state index contributed by atoms with van der Waals surface area (Å²) in [5.74, 6) is 0. The topological polar surface area (TPSA) is 46.9 Å². The quantitative estimate of drug-likeness (QED) is 0.748. The Bertz CT molecular complexity index is 328. The third kappa shape index (κ3) is 3.19. The molecule has 2 aliphatic heterocycles. The second-order valence-electron chi connectivity index (χ2n) is 7.41. The highest BCUT2D eigenvalue weighted by Crippen LogP contribution is 2.31. The van der Waals surface area contributed by atoms with Crippen molar-refractivity contribution in [2.75, 3.05) is 26.2 Å². The zero-order valence-electron chi connectivity index (χ0n) is 12.8. The third-order valence-electron chi connectivity index (χ3n) is 5.60. The molecule has 1 aliphatic carbocycles. The van der Waals surface area contributed by atoms with Crippen LogP contribution in [0.2, 0.25) is 0 Å². The first-order valence-corrected chi connectivity index (χ1v) is 8.44. The summed E-state index contributed by atoms with van der Waals surface area (Å²) in [6.07, 6.45) is 7.59. The van der Waals surface area contributed by atoms with Crippen LogP contribution in [0.1, 0.15) is 51.9 Å². The van der Waals surface area contributed by atoms with E-state index >= 15 is 0 Å². The van der Waals surface area contributed by atoms with Gasteiger partial charge < -0.3 is 10.2 Å². The number of nitrogens with zero attached hydrogens (tertiary/aromatic N) is 2. The Morgan fingerprint density at radius 2 is 1.75 bits per heavy atom. The van der Waals surface area contributed by atoms with Crippen LogP contribution in [-0.2, 0) is 0 Å². The summed E-state index contributed by atoms with van der Waals surface area (Å²) in [6, 6.07) is 0.986. The van der Waals surface area contributed by atoms with Gasteiger partial charge in [-0.2, -0.15) is 0 Å². The normalized spacial score (nSPS) is 39.5. The van der Waals surface area contributed by atoms with Gasteiger partial charge in [0.05, 0.1) is 11.7 Å². The Kier molecular flexibility index (Phi) is 4.37. The Morgan fingerprint density at radius 1 is 1.05 bits per heavy atom. The van der Waals surface area contributed by atoms with E-state index in [-0.39, 0.29) is 6.10 Å². The largest absolute Gasteiger partial charge is 0.392 e. The number of aliphatic hydroxyl groups is 2. The average Bonchev–Trinajstić information content (AvgIpc) is 2.59. The van der Waals surface area contributed by atoms with Crippen LogP contribution >= 0.6 is 0 Å². The fourth-order valence-electron chi connectivity index (χ4n) is 4.42. The lowest BCUT2D eigenvalue weighted by atomic mass is 9.92. The number of aliphatic hydroxyl groups excluding tert-OH is 1. The van der Waals surface area contributed by atoms with Crippen molar-refractivity contribution in [3.05, 3.63) is 0 Å². The van der Waals surface area contributed by atoms with Crippen molar-refractivity contribution < 1.29 is 10.2 Å². The predicted molar refractivity (Wildman–Crippen MR) is 79.7 cm³/mol. The van der Waals surface area contributed by atoms with Gasteiger partial charge in [-0.3, -0.25) is 9.80 Å². The summed E-state index contributed by atoms with van der Waals surface area (Å²) in [5.41, 5.74) is -0.468. The van der Waals surface area contributed by atoms with E-state index in [9.17, 15) is 10.2 Å². The van der Waals surface area contributed by atoms with Crippen LogP contribution in [0.15, 0.2) is 0 Å². The molecule has 0 amide bonds. The first-order valence-electron chi connectivity index (χ1n) is 8.44. The fourth-order valence-corrected chi connectivity index (χ4v) is 4.42. The monoisotopic (exact) mass is 282 g/mol. The Labute approximate surface area is 122 Å². The van der Waals surface area contributed by atoms with Crippen LogP contribution in [0.5, 0.6) is 0 Å². The molecule has 3 atom stereocenters. The van der Waals surface area contributed by atoms with E-state index in [0.29, 0.717) is 12.1 Å². The maximum Gasteiger partial charge on any atom is 0.0774 e. The average molecular weight is 282 g/mol. The van der Waals surface area contributed by atoms with Crippen molar-refractivity contribution in [1.82, 2.24) is 9.80 Å². The number of piperazine rings is 1. The van der Waals surface area contributed by atoms with Gasteiger partial charge >= 0.3 is 0 Å². The SMILES string of the molecule is C[C@H]1CN2C[C@H](O)C[C@@H]2CN1CC1(O)CCCCCC1. The summed E-state index contributed by atoms with van der Waals surface area (Å²) in [5, 5.41) is 20.7. The fraction of sp³-hybridized carbons (Fsp3) is 1.00. The Morgan fingerprint density at radius 3 is 2.45 bits per heavy atom. The molecule has 0 aromatic rings. The number of fused-ring (bicyclic) bond motifs is 1.